The van der Waals surface area contributed by atoms with Crippen molar-refractivity contribution in [3.8, 4) is 0 Å². The Kier molecular flexibility index (Phi) is 2.62. The second-order valence-electron chi connectivity index (χ2n) is 3.62. The molecule has 0 amide bonds. The minimum Gasteiger partial charge on any atom is -0.356 e. The van der Waals surface area contributed by atoms with E-state index in [9.17, 15) is 8.42 Å². The van der Waals surface area contributed by atoms with Gasteiger partial charge in [-0.25, -0.2) is 8.42 Å². The van der Waals surface area contributed by atoms with Crippen molar-refractivity contribution in [1.29, 1.82) is 0 Å². The van der Waals surface area contributed by atoms with E-state index in [1.807, 2.05) is 4.90 Å². The van der Waals surface area contributed by atoms with Crippen LogP contribution in [-0.2, 0) is 9.84 Å². The van der Waals surface area contributed by atoms with Gasteiger partial charge in [0.2, 0.25) is 0 Å². The zero-order chi connectivity index (χ0) is 10.0. The van der Waals surface area contributed by atoms with E-state index >= 15 is 0 Å². The first kappa shape index (κ1) is 9.76. The number of nitrogens with zero attached hydrogens (tertiary/aromatic N) is 2. The zero-order valence-electron chi connectivity index (χ0n) is 8.07. The summed E-state index contributed by atoms with van der Waals surface area (Å²) in [7, 11) is -2.78. The summed E-state index contributed by atoms with van der Waals surface area (Å²) >= 11 is 0. The van der Waals surface area contributed by atoms with Crippen LogP contribution >= 0.6 is 0 Å². The molecule has 0 saturated carbocycles. The fourth-order valence-corrected chi connectivity index (χ4v) is 2.86. The average molecular weight is 217 g/mol. The monoisotopic (exact) mass is 217 g/mol. The standard InChI is InChI=1S/C8H15N3O2S/c12-14(13)6-4-11(5-7-14)8-9-2-1-3-10-8/h1-7H2,(H,9,10). The summed E-state index contributed by atoms with van der Waals surface area (Å²) in [4.78, 5) is 6.37. The number of hydrogen-bond donors (Lipinski definition) is 1. The lowest BCUT2D eigenvalue weighted by Gasteiger charge is -2.31. The molecule has 6 heteroatoms. The Hall–Kier alpha value is -0.780. The summed E-state index contributed by atoms with van der Waals surface area (Å²) in [6, 6.07) is 0. The Labute approximate surface area is 84.1 Å². The predicted molar refractivity (Wildman–Crippen MR) is 55.1 cm³/mol. The summed E-state index contributed by atoms with van der Waals surface area (Å²) in [6.07, 6.45) is 1.07. The third kappa shape index (κ3) is 2.17. The quantitative estimate of drug-likeness (QED) is 0.569. The molecule has 2 aliphatic rings. The number of hydrogen-bond acceptors (Lipinski definition) is 5. The van der Waals surface area contributed by atoms with E-state index < -0.39 is 9.84 Å². The summed E-state index contributed by atoms with van der Waals surface area (Å²) in [5.74, 6) is 1.40. The maximum absolute atomic E-state index is 11.2. The second-order valence-corrected chi connectivity index (χ2v) is 5.93. The summed E-state index contributed by atoms with van der Waals surface area (Å²) in [6.45, 7) is 2.95. The molecule has 0 unspecified atom stereocenters. The van der Waals surface area contributed by atoms with Gasteiger partial charge < -0.3 is 10.2 Å². The highest BCUT2D eigenvalue weighted by Gasteiger charge is 2.24. The molecule has 2 rings (SSSR count). The van der Waals surface area contributed by atoms with Gasteiger partial charge in [0.1, 0.15) is 0 Å². The number of guanidine groups is 1. The van der Waals surface area contributed by atoms with Crippen LogP contribution in [0.25, 0.3) is 0 Å². The molecule has 80 valence electrons. The molecule has 0 aromatic rings. The molecule has 0 aromatic carbocycles. The first-order chi connectivity index (χ1) is 6.67. The lowest BCUT2D eigenvalue weighted by Crippen LogP contribution is -2.50. The van der Waals surface area contributed by atoms with Gasteiger partial charge in [0.25, 0.3) is 0 Å². The summed E-state index contributed by atoms with van der Waals surface area (Å²) < 4.78 is 22.4. The zero-order valence-corrected chi connectivity index (χ0v) is 8.89. The molecule has 0 atom stereocenters. The van der Waals surface area contributed by atoms with Crippen molar-refractivity contribution in [3.63, 3.8) is 0 Å². The van der Waals surface area contributed by atoms with Crippen molar-refractivity contribution in [1.82, 2.24) is 10.2 Å². The number of rotatable bonds is 0. The Balaban J connectivity index is 1.98. The predicted octanol–water partition coefficient (Wildman–Crippen LogP) is -0.934. The van der Waals surface area contributed by atoms with E-state index in [2.05, 4.69) is 10.3 Å². The largest absolute Gasteiger partial charge is 0.356 e. The van der Waals surface area contributed by atoms with E-state index in [0.717, 1.165) is 25.5 Å². The fraction of sp³-hybridized carbons (Fsp3) is 0.875. The molecule has 0 radical (unpaired) electrons. The third-order valence-corrected chi connectivity index (χ3v) is 4.13. The molecule has 1 saturated heterocycles. The molecular formula is C8H15N3O2S. The van der Waals surface area contributed by atoms with Crippen LogP contribution in [0.4, 0.5) is 0 Å². The van der Waals surface area contributed by atoms with Crippen LogP contribution in [0.1, 0.15) is 6.42 Å². The molecule has 0 aliphatic carbocycles. The normalized spacial score (nSPS) is 26.6. The highest BCUT2D eigenvalue weighted by molar-refractivity contribution is 7.91. The highest BCUT2D eigenvalue weighted by Crippen LogP contribution is 2.05. The Bertz CT molecular complexity index is 322. The van der Waals surface area contributed by atoms with E-state index in [4.69, 9.17) is 0 Å². The van der Waals surface area contributed by atoms with E-state index in [-0.39, 0.29) is 11.5 Å². The second kappa shape index (κ2) is 3.76. The van der Waals surface area contributed by atoms with Crippen molar-refractivity contribution >= 4 is 15.8 Å². The molecule has 0 spiro atoms. The van der Waals surface area contributed by atoms with Crippen LogP contribution in [0.3, 0.4) is 0 Å². The lowest BCUT2D eigenvalue weighted by atomic mass is 10.4. The van der Waals surface area contributed by atoms with Gasteiger partial charge in [-0.15, -0.1) is 0 Å². The first-order valence-corrected chi connectivity index (χ1v) is 6.73. The highest BCUT2D eigenvalue weighted by atomic mass is 32.2. The van der Waals surface area contributed by atoms with Gasteiger partial charge in [0.05, 0.1) is 11.5 Å². The number of nitrogens with one attached hydrogen (secondary N) is 1. The summed E-state index contributed by atoms with van der Waals surface area (Å²) in [5, 5.41) is 3.20. The van der Waals surface area contributed by atoms with Crippen LogP contribution in [0.2, 0.25) is 0 Å². The fourth-order valence-electron chi connectivity index (χ4n) is 1.66. The Morgan fingerprint density at radius 1 is 1.29 bits per heavy atom. The van der Waals surface area contributed by atoms with Crippen molar-refractivity contribution in [2.75, 3.05) is 37.7 Å². The van der Waals surface area contributed by atoms with E-state index in [1.165, 1.54) is 0 Å². The molecule has 2 aliphatic heterocycles. The molecule has 1 N–H and O–H groups in total. The molecule has 5 nitrogen and oxygen atoms in total. The van der Waals surface area contributed by atoms with Crippen LogP contribution < -0.4 is 5.32 Å². The number of aliphatic imine (C=N–C) groups is 1. The van der Waals surface area contributed by atoms with Gasteiger partial charge in [-0.1, -0.05) is 0 Å². The van der Waals surface area contributed by atoms with Crippen molar-refractivity contribution in [2.45, 2.75) is 6.42 Å². The van der Waals surface area contributed by atoms with Crippen LogP contribution in [0.5, 0.6) is 0 Å². The van der Waals surface area contributed by atoms with Crippen molar-refractivity contribution in [3.05, 3.63) is 0 Å². The van der Waals surface area contributed by atoms with Gasteiger partial charge in [0, 0.05) is 26.2 Å². The van der Waals surface area contributed by atoms with Gasteiger partial charge >= 0.3 is 0 Å². The maximum atomic E-state index is 11.2. The van der Waals surface area contributed by atoms with Crippen LogP contribution in [-0.4, -0.2) is 57.0 Å². The SMILES string of the molecule is O=S1(=O)CCN(C2=NCCCN2)CC1. The van der Waals surface area contributed by atoms with Gasteiger partial charge in [0.15, 0.2) is 15.8 Å². The van der Waals surface area contributed by atoms with E-state index in [1.54, 1.807) is 0 Å². The molecule has 2 heterocycles. The van der Waals surface area contributed by atoms with Crippen LogP contribution in [0, 0.1) is 0 Å². The maximum Gasteiger partial charge on any atom is 0.193 e. The third-order valence-electron chi connectivity index (χ3n) is 2.52. The minimum atomic E-state index is -2.78. The lowest BCUT2D eigenvalue weighted by molar-refractivity contribution is 0.419. The molecule has 0 aromatic heterocycles. The smallest absolute Gasteiger partial charge is 0.193 e. The summed E-state index contributed by atoms with van der Waals surface area (Å²) in [5.41, 5.74) is 0. The van der Waals surface area contributed by atoms with Gasteiger partial charge in [-0.3, -0.25) is 4.99 Å². The van der Waals surface area contributed by atoms with E-state index in [0.29, 0.717) is 13.1 Å². The Morgan fingerprint density at radius 3 is 2.57 bits per heavy atom. The molecule has 0 bridgehead atoms. The van der Waals surface area contributed by atoms with Gasteiger partial charge in [-0.2, -0.15) is 0 Å². The van der Waals surface area contributed by atoms with Gasteiger partial charge in [-0.05, 0) is 6.42 Å². The minimum absolute atomic E-state index is 0.258. The van der Waals surface area contributed by atoms with Crippen LogP contribution in [0.15, 0.2) is 4.99 Å². The topological polar surface area (TPSA) is 61.8 Å². The van der Waals surface area contributed by atoms with Crippen molar-refractivity contribution in [2.24, 2.45) is 4.99 Å². The Morgan fingerprint density at radius 2 is 2.00 bits per heavy atom. The van der Waals surface area contributed by atoms with Crippen molar-refractivity contribution < 1.29 is 8.42 Å². The molecule has 14 heavy (non-hydrogen) atoms. The first-order valence-electron chi connectivity index (χ1n) is 4.91. The molecule has 1 fully saturated rings. The average Bonchev–Trinajstić information content (AvgIpc) is 2.19. The molecular weight excluding hydrogens is 202 g/mol. The number of sulfone groups is 1.